The Morgan fingerprint density at radius 1 is 1.62 bits per heavy atom. The molecular formula is C9H14N2OS. The van der Waals surface area contributed by atoms with Gasteiger partial charge in [0.1, 0.15) is 5.78 Å². The molecular weight excluding hydrogens is 184 g/mol. The van der Waals surface area contributed by atoms with Gasteiger partial charge < -0.3 is 5.73 Å². The largest absolute Gasteiger partial charge is 0.375 e. The number of anilines is 1. The van der Waals surface area contributed by atoms with Crippen molar-refractivity contribution in [2.45, 2.75) is 27.2 Å². The van der Waals surface area contributed by atoms with Gasteiger partial charge in [-0.3, -0.25) is 4.79 Å². The van der Waals surface area contributed by atoms with Gasteiger partial charge in [-0.1, -0.05) is 20.8 Å². The first-order valence-corrected chi connectivity index (χ1v) is 4.95. The number of nitrogens with zero attached hydrogens (tertiary/aromatic N) is 1. The van der Waals surface area contributed by atoms with E-state index in [-0.39, 0.29) is 11.2 Å². The molecule has 72 valence electrons. The molecule has 0 saturated heterocycles. The average molecular weight is 198 g/mol. The number of Topliss-reactive ketones (excluding diaryl/α,β-unsaturated/α-hetero) is 1. The molecule has 13 heavy (non-hydrogen) atoms. The van der Waals surface area contributed by atoms with Gasteiger partial charge in [0.25, 0.3) is 0 Å². The Hall–Kier alpha value is -0.900. The minimum Gasteiger partial charge on any atom is -0.375 e. The minimum atomic E-state index is -0.279. The number of thiazole rings is 1. The summed E-state index contributed by atoms with van der Waals surface area (Å²) >= 11 is 1.38. The van der Waals surface area contributed by atoms with Gasteiger partial charge in [-0.05, 0) is 0 Å². The highest BCUT2D eigenvalue weighted by Crippen LogP contribution is 2.21. The van der Waals surface area contributed by atoms with Crippen LogP contribution in [0.2, 0.25) is 0 Å². The number of hydrogen-bond acceptors (Lipinski definition) is 4. The van der Waals surface area contributed by atoms with Gasteiger partial charge >= 0.3 is 0 Å². The molecule has 0 radical (unpaired) electrons. The molecule has 0 aliphatic rings. The second kappa shape index (κ2) is 3.46. The zero-order valence-corrected chi connectivity index (χ0v) is 8.94. The number of nitrogen functional groups attached to an aromatic ring is 1. The smallest absolute Gasteiger partial charge is 0.180 e. The molecule has 0 aromatic carbocycles. The third kappa shape index (κ3) is 2.81. The summed E-state index contributed by atoms with van der Waals surface area (Å²) in [5.41, 5.74) is 5.18. The van der Waals surface area contributed by atoms with Gasteiger partial charge in [0.05, 0.1) is 0 Å². The quantitative estimate of drug-likeness (QED) is 0.789. The first-order chi connectivity index (χ1) is 5.89. The number of ketones is 1. The number of rotatable bonds is 2. The second-order valence-electron chi connectivity index (χ2n) is 4.01. The molecule has 0 aliphatic heterocycles. The van der Waals surface area contributed by atoms with Crippen LogP contribution in [-0.2, 0) is 11.2 Å². The van der Waals surface area contributed by atoms with E-state index < -0.39 is 0 Å². The monoisotopic (exact) mass is 198 g/mol. The fraction of sp³-hybridized carbons (Fsp3) is 0.556. The van der Waals surface area contributed by atoms with E-state index in [2.05, 4.69) is 4.98 Å². The molecule has 0 saturated carbocycles. The van der Waals surface area contributed by atoms with Crippen molar-refractivity contribution in [1.29, 1.82) is 0 Å². The summed E-state index contributed by atoms with van der Waals surface area (Å²) in [6.45, 7) is 5.75. The Balaban J connectivity index is 2.65. The number of hydrogen-bond donors (Lipinski definition) is 1. The number of aromatic nitrogens is 1. The molecule has 0 unspecified atom stereocenters. The summed E-state index contributed by atoms with van der Waals surface area (Å²) in [6, 6.07) is 0. The topological polar surface area (TPSA) is 56.0 Å². The number of carbonyl (C=O) groups is 1. The summed E-state index contributed by atoms with van der Waals surface area (Å²) in [6.07, 6.45) is 2.11. The van der Waals surface area contributed by atoms with E-state index in [9.17, 15) is 4.79 Å². The Morgan fingerprint density at radius 3 is 2.62 bits per heavy atom. The summed E-state index contributed by atoms with van der Waals surface area (Å²) in [5.74, 6) is 0.219. The average Bonchev–Trinajstić information content (AvgIpc) is 2.33. The van der Waals surface area contributed by atoms with Crippen molar-refractivity contribution in [3.8, 4) is 0 Å². The molecule has 0 bridgehead atoms. The van der Waals surface area contributed by atoms with Gasteiger partial charge in [-0.25, -0.2) is 4.98 Å². The first-order valence-electron chi connectivity index (χ1n) is 4.13. The van der Waals surface area contributed by atoms with E-state index in [1.54, 1.807) is 6.20 Å². The van der Waals surface area contributed by atoms with Crippen LogP contribution in [0.25, 0.3) is 0 Å². The van der Waals surface area contributed by atoms with E-state index in [0.29, 0.717) is 11.6 Å². The number of nitrogens with two attached hydrogens (primary N) is 1. The fourth-order valence-electron chi connectivity index (χ4n) is 0.828. The molecule has 2 N–H and O–H groups in total. The molecule has 0 aliphatic carbocycles. The van der Waals surface area contributed by atoms with Crippen molar-refractivity contribution in [3.05, 3.63) is 11.1 Å². The molecule has 4 heteroatoms. The predicted molar refractivity (Wildman–Crippen MR) is 54.7 cm³/mol. The normalized spacial score (nSPS) is 11.6. The van der Waals surface area contributed by atoms with Gasteiger partial charge in [0.15, 0.2) is 5.13 Å². The third-order valence-electron chi connectivity index (χ3n) is 1.74. The Labute approximate surface area is 82.0 Å². The highest BCUT2D eigenvalue weighted by atomic mass is 32.1. The van der Waals surface area contributed by atoms with Crippen LogP contribution in [0.3, 0.4) is 0 Å². The Bertz CT molecular complexity index is 312. The van der Waals surface area contributed by atoms with Crippen molar-refractivity contribution in [2.75, 3.05) is 5.73 Å². The zero-order valence-electron chi connectivity index (χ0n) is 8.13. The lowest BCUT2D eigenvalue weighted by Crippen LogP contribution is -2.21. The van der Waals surface area contributed by atoms with Gasteiger partial charge in [-0.15, -0.1) is 11.3 Å². The van der Waals surface area contributed by atoms with Gasteiger partial charge in [0, 0.05) is 22.9 Å². The lowest BCUT2D eigenvalue weighted by atomic mass is 9.89. The maximum atomic E-state index is 11.6. The van der Waals surface area contributed by atoms with Crippen LogP contribution in [0.1, 0.15) is 25.6 Å². The molecule has 3 nitrogen and oxygen atoms in total. The lowest BCUT2D eigenvalue weighted by Gasteiger charge is -2.15. The standard InChI is InChI=1S/C9H14N2OS/c1-9(2,3)7(12)4-6-5-11-8(10)13-6/h5H,4H2,1-3H3,(H2,10,11). The predicted octanol–water partition coefficient (Wildman–Crippen LogP) is 1.88. The zero-order chi connectivity index (χ0) is 10.1. The van der Waals surface area contributed by atoms with E-state index in [4.69, 9.17) is 5.73 Å². The van der Waals surface area contributed by atoms with Gasteiger partial charge in [0.2, 0.25) is 0 Å². The molecule has 1 aromatic heterocycles. The van der Waals surface area contributed by atoms with Crippen LogP contribution in [0.4, 0.5) is 5.13 Å². The van der Waals surface area contributed by atoms with E-state index in [1.807, 2.05) is 20.8 Å². The summed E-state index contributed by atoms with van der Waals surface area (Å²) in [7, 11) is 0. The Kier molecular flexibility index (Phi) is 2.71. The SMILES string of the molecule is CC(C)(C)C(=O)Cc1cnc(N)s1. The van der Waals surface area contributed by atoms with Gasteiger partial charge in [-0.2, -0.15) is 0 Å². The summed E-state index contributed by atoms with van der Waals surface area (Å²) in [4.78, 5) is 16.4. The molecule has 0 amide bonds. The summed E-state index contributed by atoms with van der Waals surface area (Å²) < 4.78 is 0. The second-order valence-corrected chi connectivity index (χ2v) is 5.16. The molecule has 1 aromatic rings. The molecule has 1 rings (SSSR count). The van der Waals surface area contributed by atoms with Crippen molar-refractivity contribution in [2.24, 2.45) is 5.41 Å². The molecule has 1 heterocycles. The lowest BCUT2D eigenvalue weighted by molar-refractivity contribution is -0.125. The van der Waals surface area contributed by atoms with Crippen molar-refractivity contribution in [1.82, 2.24) is 4.98 Å². The molecule has 0 spiro atoms. The van der Waals surface area contributed by atoms with Crippen LogP contribution >= 0.6 is 11.3 Å². The van der Waals surface area contributed by atoms with Crippen LogP contribution in [0.15, 0.2) is 6.20 Å². The maximum Gasteiger partial charge on any atom is 0.180 e. The van der Waals surface area contributed by atoms with Crippen LogP contribution in [0, 0.1) is 5.41 Å². The maximum absolute atomic E-state index is 11.6. The van der Waals surface area contributed by atoms with E-state index >= 15 is 0 Å². The van der Waals surface area contributed by atoms with Crippen LogP contribution in [0.5, 0.6) is 0 Å². The van der Waals surface area contributed by atoms with Crippen LogP contribution in [-0.4, -0.2) is 10.8 Å². The first kappa shape index (κ1) is 10.2. The Morgan fingerprint density at radius 2 is 2.23 bits per heavy atom. The molecule has 0 fully saturated rings. The minimum absolute atomic E-state index is 0.219. The van der Waals surface area contributed by atoms with Crippen molar-refractivity contribution in [3.63, 3.8) is 0 Å². The van der Waals surface area contributed by atoms with E-state index in [0.717, 1.165) is 4.88 Å². The molecule has 0 atom stereocenters. The van der Waals surface area contributed by atoms with Crippen LogP contribution < -0.4 is 5.73 Å². The highest BCUT2D eigenvalue weighted by molar-refractivity contribution is 7.15. The summed E-state index contributed by atoms with van der Waals surface area (Å²) in [5, 5.41) is 0.525. The fourth-order valence-corrected chi connectivity index (χ4v) is 1.51. The van der Waals surface area contributed by atoms with Crippen molar-refractivity contribution < 1.29 is 4.79 Å². The van der Waals surface area contributed by atoms with E-state index in [1.165, 1.54) is 11.3 Å². The third-order valence-corrected chi connectivity index (χ3v) is 2.57. The highest BCUT2D eigenvalue weighted by Gasteiger charge is 2.21. The number of carbonyl (C=O) groups excluding carboxylic acids is 1. The van der Waals surface area contributed by atoms with Crippen molar-refractivity contribution >= 4 is 22.3 Å².